The Labute approximate surface area is 249 Å². The lowest BCUT2D eigenvalue weighted by Crippen LogP contribution is -2.15. The Morgan fingerprint density at radius 2 is 0.526 bits per heavy atom. The molecule has 0 N–H and O–H groups in total. The van der Waals surface area contributed by atoms with Gasteiger partial charge in [-0.15, -0.1) is 11.6 Å². The molecule has 0 radical (unpaired) electrons. The fourth-order valence-corrected chi connectivity index (χ4v) is 3.44. The van der Waals surface area contributed by atoms with E-state index in [9.17, 15) is 0 Å². The number of ether oxygens (including phenoxy) is 10. The van der Waals surface area contributed by atoms with Gasteiger partial charge in [0.15, 0.2) is 0 Å². The first-order valence-corrected chi connectivity index (χ1v) is 15.9. The predicted octanol–water partition coefficient (Wildman–Crippen LogP) is 3.39. The minimum atomic E-state index is 0.502. The summed E-state index contributed by atoms with van der Waals surface area (Å²) in [6, 6.07) is 0. The maximum absolute atomic E-state index is 5.55. The molecular weight excluding hydrogens is 635 g/mol. The lowest BCUT2D eigenvalue weighted by molar-refractivity contribution is -0.0262. The number of hydrogen-bond donors (Lipinski definition) is 0. The SMILES string of the molecule is ClCCOCCOCCOCCOCCOCCOCCOCCOCCOCCOCCCCCCI. The molecule has 0 aliphatic rings. The van der Waals surface area contributed by atoms with Gasteiger partial charge in [-0.05, 0) is 17.3 Å². The van der Waals surface area contributed by atoms with Crippen molar-refractivity contribution < 1.29 is 47.4 Å². The molecule has 0 saturated carbocycles. The van der Waals surface area contributed by atoms with E-state index in [-0.39, 0.29) is 0 Å². The maximum atomic E-state index is 5.55. The fraction of sp³-hybridized carbons (Fsp3) is 1.00. The highest BCUT2D eigenvalue weighted by atomic mass is 127. The second-order valence-electron chi connectivity index (χ2n) is 7.92. The van der Waals surface area contributed by atoms with Crippen LogP contribution in [0.4, 0.5) is 0 Å². The lowest BCUT2D eigenvalue weighted by atomic mass is 10.2. The van der Waals surface area contributed by atoms with Crippen LogP contribution in [-0.2, 0) is 47.4 Å². The average Bonchev–Trinajstić information content (AvgIpc) is 2.93. The third kappa shape index (κ3) is 36.6. The van der Waals surface area contributed by atoms with Gasteiger partial charge in [-0.1, -0.05) is 35.4 Å². The van der Waals surface area contributed by atoms with E-state index in [1.807, 2.05) is 0 Å². The molecule has 0 aliphatic carbocycles. The van der Waals surface area contributed by atoms with Crippen molar-refractivity contribution in [1.82, 2.24) is 0 Å². The summed E-state index contributed by atoms with van der Waals surface area (Å²) in [6.45, 7) is 11.3. The maximum Gasteiger partial charge on any atom is 0.0701 e. The molecule has 0 unspecified atom stereocenters. The van der Waals surface area contributed by atoms with Gasteiger partial charge in [-0.3, -0.25) is 0 Å². The van der Waals surface area contributed by atoms with Crippen LogP contribution in [-0.4, -0.2) is 142 Å². The van der Waals surface area contributed by atoms with Crippen molar-refractivity contribution in [2.45, 2.75) is 25.7 Å². The fourth-order valence-electron chi connectivity index (χ4n) is 2.79. The molecule has 0 amide bonds. The van der Waals surface area contributed by atoms with Crippen LogP contribution in [0.15, 0.2) is 0 Å². The zero-order valence-electron chi connectivity index (χ0n) is 23.2. The Bertz CT molecular complexity index is 380. The van der Waals surface area contributed by atoms with Crippen LogP contribution in [0.25, 0.3) is 0 Å². The summed E-state index contributed by atoms with van der Waals surface area (Å²) in [6.07, 6.45) is 4.99. The molecule has 0 rings (SSSR count). The molecule has 0 spiro atoms. The summed E-state index contributed by atoms with van der Waals surface area (Å²) in [5.41, 5.74) is 0. The third-order valence-electron chi connectivity index (χ3n) is 4.74. The molecule has 0 aliphatic heterocycles. The number of rotatable bonds is 35. The first kappa shape index (κ1) is 38.6. The summed E-state index contributed by atoms with van der Waals surface area (Å²) in [5.74, 6) is 0.502. The number of hydrogen-bond acceptors (Lipinski definition) is 10. The van der Waals surface area contributed by atoms with Crippen molar-refractivity contribution in [3.05, 3.63) is 0 Å². The smallest absolute Gasteiger partial charge is 0.0701 e. The Hall–Kier alpha value is 0.620. The van der Waals surface area contributed by atoms with Crippen LogP contribution in [0.2, 0.25) is 0 Å². The van der Waals surface area contributed by atoms with Gasteiger partial charge in [-0.25, -0.2) is 0 Å². The summed E-state index contributed by atoms with van der Waals surface area (Å²) in [5, 5.41) is 0. The van der Waals surface area contributed by atoms with Crippen molar-refractivity contribution in [2.24, 2.45) is 0 Å². The van der Waals surface area contributed by atoms with E-state index in [0.717, 1.165) is 13.0 Å². The van der Waals surface area contributed by atoms with E-state index in [1.54, 1.807) is 0 Å². The highest BCUT2D eigenvalue weighted by molar-refractivity contribution is 14.1. The highest BCUT2D eigenvalue weighted by Gasteiger charge is 1.96. The highest BCUT2D eigenvalue weighted by Crippen LogP contribution is 2.02. The van der Waals surface area contributed by atoms with Crippen LogP contribution in [0.1, 0.15) is 25.7 Å². The summed E-state index contributed by atoms with van der Waals surface area (Å²) in [7, 11) is 0. The van der Waals surface area contributed by atoms with Crippen LogP contribution in [0.3, 0.4) is 0 Å². The first-order chi connectivity index (χ1) is 18.9. The summed E-state index contributed by atoms with van der Waals surface area (Å²) < 4.78 is 55.6. The second kappa shape index (κ2) is 37.6. The molecule has 0 aromatic heterocycles. The molecule has 230 valence electrons. The minimum Gasteiger partial charge on any atom is -0.379 e. The third-order valence-corrected chi connectivity index (χ3v) is 5.66. The quantitative estimate of drug-likeness (QED) is 0.0562. The zero-order chi connectivity index (χ0) is 27.5. The topological polar surface area (TPSA) is 92.3 Å². The Balaban J connectivity index is 3.01. The van der Waals surface area contributed by atoms with Gasteiger partial charge in [0.05, 0.1) is 126 Å². The van der Waals surface area contributed by atoms with Crippen molar-refractivity contribution >= 4 is 34.2 Å². The van der Waals surface area contributed by atoms with Gasteiger partial charge in [-0.2, -0.15) is 0 Å². The number of unbranched alkanes of at least 4 members (excludes halogenated alkanes) is 3. The molecule has 0 aromatic carbocycles. The van der Waals surface area contributed by atoms with Gasteiger partial charge in [0.1, 0.15) is 0 Å². The van der Waals surface area contributed by atoms with Crippen molar-refractivity contribution in [3.63, 3.8) is 0 Å². The second-order valence-corrected chi connectivity index (χ2v) is 9.37. The van der Waals surface area contributed by atoms with E-state index in [4.69, 9.17) is 59.0 Å². The number of alkyl halides is 2. The molecule has 0 aromatic rings. The van der Waals surface area contributed by atoms with Crippen molar-refractivity contribution in [3.8, 4) is 0 Å². The largest absolute Gasteiger partial charge is 0.379 e. The first-order valence-electron chi connectivity index (χ1n) is 13.8. The minimum absolute atomic E-state index is 0.502. The Kier molecular flexibility index (Phi) is 38.2. The normalized spacial score (nSPS) is 11.5. The van der Waals surface area contributed by atoms with Gasteiger partial charge >= 0.3 is 0 Å². The standard InChI is InChI=1S/C26H52ClIO10/c27-5-8-30-10-12-32-14-16-34-18-20-36-22-24-38-26-25-37-23-21-35-19-17-33-15-13-31-11-9-29-7-4-2-1-3-6-28/h1-26H2. The predicted molar refractivity (Wildman–Crippen MR) is 156 cm³/mol. The van der Waals surface area contributed by atoms with Crippen LogP contribution in [0.5, 0.6) is 0 Å². The van der Waals surface area contributed by atoms with Gasteiger partial charge in [0.2, 0.25) is 0 Å². The molecule has 0 fully saturated rings. The molecule has 0 heterocycles. The average molecular weight is 687 g/mol. The Morgan fingerprint density at radius 1 is 0.289 bits per heavy atom. The van der Waals surface area contributed by atoms with Crippen LogP contribution < -0.4 is 0 Å². The monoisotopic (exact) mass is 686 g/mol. The number of halogens is 2. The molecule has 0 saturated heterocycles. The molecule has 0 bridgehead atoms. The van der Waals surface area contributed by atoms with E-state index in [2.05, 4.69) is 22.6 Å². The van der Waals surface area contributed by atoms with E-state index >= 15 is 0 Å². The van der Waals surface area contributed by atoms with Gasteiger partial charge in [0, 0.05) is 12.5 Å². The molecule has 38 heavy (non-hydrogen) atoms. The zero-order valence-corrected chi connectivity index (χ0v) is 26.1. The van der Waals surface area contributed by atoms with Crippen molar-refractivity contribution in [2.75, 3.05) is 142 Å². The lowest BCUT2D eigenvalue weighted by Gasteiger charge is -2.09. The Morgan fingerprint density at radius 3 is 0.789 bits per heavy atom. The van der Waals surface area contributed by atoms with Gasteiger partial charge in [0.25, 0.3) is 0 Å². The molecule has 0 atom stereocenters. The molecule has 12 heteroatoms. The van der Waals surface area contributed by atoms with Crippen molar-refractivity contribution in [1.29, 1.82) is 0 Å². The van der Waals surface area contributed by atoms with E-state index in [0.29, 0.717) is 131 Å². The summed E-state index contributed by atoms with van der Waals surface area (Å²) in [4.78, 5) is 0. The van der Waals surface area contributed by atoms with E-state index < -0.39 is 0 Å². The molecule has 10 nitrogen and oxygen atoms in total. The summed E-state index contributed by atoms with van der Waals surface area (Å²) >= 11 is 7.92. The van der Waals surface area contributed by atoms with Crippen LogP contribution >= 0.6 is 34.2 Å². The van der Waals surface area contributed by atoms with Crippen LogP contribution in [0, 0.1) is 0 Å². The van der Waals surface area contributed by atoms with E-state index in [1.165, 1.54) is 23.7 Å². The van der Waals surface area contributed by atoms with Gasteiger partial charge < -0.3 is 47.4 Å². The molecular formula is C26H52ClIO10.